The van der Waals surface area contributed by atoms with Gasteiger partial charge in [0.05, 0.1) is 6.04 Å². The van der Waals surface area contributed by atoms with Crippen molar-refractivity contribution in [2.75, 3.05) is 5.75 Å². The largest absolute Gasteiger partial charge is 0.480 e. The van der Waals surface area contributed by atoms with E-state index in [4.69, 9.17) is 5.73 Å². The fourth-order valence-electron chi connectivity index (χ4n) is 2.88. The Morgan fingerprint density at radius 1 is 0.839 bits per heavy atom. The van der Waals surface area contributed by atoms with Crippen molar-refractivity contribution in [3.05, 3.63) is 0 Å². The number of nitrogens with one attached hydrogen (secondary N) is 3. The summed E-state index contributed by atoms with van der Waals surface area (Å²) in [6.07, 6.45) is 1.56. The molecular formula is C21H40N4O5S. The third-order valence-electron chi connectivity index (χ3n) is 5.49. The van der Waals surface area contributed by atoms with Gasteiger partial charge in [0.25, 0.3) is 0 Å². The quantitative estimate of drug-likeness (QED) is 0.212. The number of nitrogens with two attached hydrogens (primary N) is 1. The third kappa shape index (κ3) is 9.90. The number of carboxylic acids is 1. The van der Waals surface area contributed by atoms with E-state index in [0.717, 1.165) is 0 Å². The number of aliphatic carboxylic acids is 1. The van der Waals surface area contributed by atoms with Gasteiger partial charge < -0.3 is 26.8 Å². The zero-order valence-electron chi connectivity index (χ0n) is 19.5. The van der Waals surface area contributed by atoms with E-state index in [0.29, 0.717) is 12.8 Å². The number of hydrogen-bond donors (Lipinski definition) is 6. The Morgan fingerprint density at radius 2 is 1.35 bits per heavy atom. The first-order valence-electron chi connectivity index (χ1n) is 10.9. The van der Waals surface area contributed by atoms with Gasteiger partial charge in [0.15, 0.2) is 0 Å². The number of hydrogen-bond acceptors (Lipinski definition) is 6. The van der Waals surface area contributed by atoms with Crippen LogP contribution in [-0.2, 0) is 19.2 Å². The molecule has 10 heteroatoms. The van der Waals surface area contributed by atoms with Crippen molar-refractivity contribution in [2.24, 2.45) is 23.5 Å². The fourth-order valence-corrected chi connectivity index (χ4v) is 3.14. The minimum absolute atomic E-state index is 0.0186. The van der Waals surface area contributed by atoms with Gasteiger partial charge in [-0.1, -0.05) is 54.4 Å². The SMILES string of the molecule is CCC(C)C(N)C(=O)NC(CS)C(=O)NC(C(=O)NC(CC(C)C)C(=O)O)C(C)CC. The normalized spacial score (nSPS) is 17.1. The highest BCUT2D eigenvalue weighted by Crippen LogP contribution is 2.11. The topological polar surface area (TPSA) is 151 Å². The zero-order valence-corrected chi connectivity index (χ0v) is 20.4. The molecule has 6 unspecified atom stereocenters. The Bertz CT molecular complexity index is 617. The lowest BCUT2D eigenvalue weighted by Crippen LogP contribution is -2.59. The van der Waals surface area contributed by atoms with Gasteiger partial charge in [0.2, 0.25) is 17.7 Å². The van der Waals surface area contributed by atoms with Gasteiger partial charge in [-0.15, -0.1) is 0 Å². The fraction of sp³-hybridized carbons (Fsp3) is 0.810. The van der Waals surface area contributed by atoms with Crippen LogP contribution in [-0.4, -0.2) is 58.7 Å². The van der Waals surface area contributed by atoms with Crippen LogP contribution in [0, 0.1) is 17.8 Å². The van der Waals surface area contributed by atoms with E-state index in [-0.39, 0.29) is 29.9 Å². The minimum Gasteiger partial charge on any atom is -0.480 e. The molecule has 6 N–H and O–H groups in total. The van der Waals surface area contributed by atoms with Crippen molar-refractivity contribution in [3.63, 3.8) is 0 Å². The summed E-state index contributed by atoms with van der Waals surface area (Å²) in [7, 11) is 0. The smallest absolute Gasteiger partial charge is 0.326 e. The van der Waals surface area contributed by atoms with Gasteiger partial charge in [-0.2, -0.15) is 12.6 Å². The number of carbonyl (C=O) groups is 4. The van der Waals surface area contributed by atoms with E-state index in [9.17, 15) is 24.3 Å². The molecule has 0 bridgehead atoms. The molecule has 0 fully saturated rings. The zero-order chi connectivity index (χ0) is 24.3. The number of thiol groups is 1. The molecule has 180 valence electrons. The molecule has 0 aromatic rings. The lowest BCUT2D eigenvalue weighted by Gasteiger charge is -2.28. The van der Waals surface area contributed by atoms with Crippen molar-refractivity contribution < 1.29 is 24.3 Å². The molecule has 9 nitrogen and oxygen atoms in total. The summed E-state index contributed by atoms with van der Waals surface area (Å²) in [4.78, 5) is 49.5. The Balaban J connectivity index is 5.35. The monoisotopic (exact) mass is 460 g/mol. The maximum Gasteiger partial charge on any atom is 0.326 e. The van der Waals surface area contributed by atoms with Crippen LogP contribution in [0.15, 0.2) is 0 Å². The van der Waals surface area contributed by atoms with Crippen LogP contribution in [0.25, 0.3) is 0 Å². The van der Waals surface area contributed by atoms with Crippen molar-refractivity contribution in [2.45, 2.75) is 85.0 Å². The van der Waals surface area contributed by atoms with Crippen LogP contribution in [0.5, 0.6) is 0 Å². The molecule has 3 amide bonds. The molecule has 0 spiro atoms. The summed E-state index contributed by atoms with van der Waals surface area (Å²) >= 11 is 4.15. The highest BCUT2D eigenvalue weighted by Gasteiger charge is 2.32. The summed E-state index contributed by atoms with van der Waals surface area (Å²) in [6.45, 7) is 11.1. The molecule has 0 aliphatic carbocycles. The van der Waals surface area contributed by atoms with Gasteiger partial charge in [-0.25, -0.2) is 4.79 Å². The summed E-state index contributed by atoms with van der Waals surface area (Å²) in [6, 6.07) is -3.74. The minimum atomic E-state index is -1.13. The van der Waals surface area contributed by atoms with E-state index in [1.807, 2.05) is 34.6 Å². The average molecular weight is 461 g/mol. The summed E-state index contributed by atoms with van der Waals surface area (Å²) in [5.41, 5.74) is 5.93. The molecule has 0 aromatic heterocycles. The van der Waals surface area contributed by atoms with E-state index in [2.05, 4.69) is 28.6 Å². The second-order valence-electron chi connectivity index (χ2n) is 8.56. The van der Waals surface area contributed by atoms with Crippen LogP contribution < -0.4 is 21.7 Å². The first-order chi connectivity index (χ1) is 14.4. The number of carboxylic acid groups (broad SMARTS) is 1. The Hall–Kier alpha value is -1.81. The predicted molar refractivity (Wildman–Crippen MR) is 124 cm³/mol. The molecule has 0 saturated carbocycles. The predicted octanol–water partition coefficient (Wildman–Crippen LogP) is 0.921. The van der Waals surface area contributed by atoms with Gasteiger partial charge in [-0.05, 0) is 24.2 Å². The highest BCUT2D eigenvalue weighted by atomic mass is 32.1. The Kier molecular flexibility index (Phi) is 13.5. The van der Waals surface area contributed by atoms with E-state index in [1.165, 1.54) is 0 Å². The maximum atomic E-state index is 12.8. The highest BCUT2D eigenvalue weighted by molar-refractivity contribution is 7.80. The molecule has 0 aliphatic rings. The number of carbonyl (C=O) groups excluding carboxylic acids is 3. The lowest BCUT2D eigenvalue weighted by atomic mass is 9.96. The molecule has 0 saturated heterocycles. The third-order valence-corrected chi connectivity index (χ3v) is 5.86. The standard InChI is InChI=1S/C21H40N4O5S/c1-7-12(5)16(22)19(27)24-15(10-31)18(26)25-17(13(6)8-2)20(28)23-14(21(29)30)9-11(3)4/h11-17,31H,7-10,22H2,1-6H3,(H,23,28)(H,24,27)(H,25,26)(H,29,30). The van der Waals surface area contributed by atoms with E-state index >= 15 is 0 Å². The first-order valence-corrected chi connectivity index (χ1v) is 11.5. The van der Waals surface area contributed by atoms with Crippen molar-refractivity contribution >= 4 is 36.3 Å². The number of amides is 3. The molecule has 6 atom stereocenters. The van der Waals surface area contributed by atoms with Gasteiger partial charge in [0, 0.05) is 5.75 Å². The first kappa shape index (κ1) is 29.2. The van der Waals surface area contributed by atoms with E-state index in [1.54, 1.807) is 6.92 Å². The summed E-state index contributed by atoms with van der Waals surface area (Å²) < 4.78 is 0. The van der Waals surface area contributed by atoms with Crippen LogP contribution in [0.2, 0.25) is 0 Å². The van der Waals surface area contributed by atoms with Gasteiger partial charge in [-0.3, -0.25) is 14.4 Å². The molecule has 0 heterocycles. The van der Waals surface area contributed by atoms with Crippen molar-refractivity contribution in [3.8, 4) is 0 Å². The van der Waals surface area contributed by atoms with Crippen LogP contribution in [0.1, 0.15) is 60.8 Å². The molecule has 0 radical (unpaired) electrons. The number of rotatable bonds is 14. The average Bonchev–Trinajstić information content (AvgIpc) is 2.72. The summed E-state index contributed by atoms with van der Waals surface area (Å²) in [5.74, 6) is -2.96. The van der Waals surface area contributed by atoms with Gasteiger partial charge in [0.1, 0.15) is 18.1 Å². The molecule has 0 aromatic carbocycles. The second-order valence-corrected chi connectivity index (χ2v) is 8.92. The maximum absolute atomic E-state index is 12.8. The second kappa shape index (κ2) is 14.3. The Labute approximate surface area is 191 Å². The van der Waals surface area contributed by atoms with Crippen LogP contribution in [0.3, 0.4) is 0 Å². The molecule has 31 heavy (non-hydrogen) atoms. The van der Waals surface area contributed by atoms with Crippen molar-refractivity contribution in [1.82, 2.24) is 16.0 Å². The van der Waals surface area contributed by atoms with Crippen LogP contribution >= 0.6 is 12.6 Å². The summed E-state index contributed by atoms with van der Waals surface area (Å²) in [5, 5.41) is 17.2. The lowest BCUT2D eigenvalue weighted by molar-refractivity contribution is -0.143. The van der Waals surface area contributed by atoms with E-state index < -0.39 is 47.9 Å². The Morgan fingerprint density at radius 3 is 1.77 bits per heavy atom. The molecule has 0 aliphatic heterocycles. The van der Waals surface area contributed by atoms with Crippen LogP contribution in [0.4, 0.5) is 0 Å². The van der Waals surface area contributed by atoms with Crippen molar-refractivity contribution in [1.29, 1.82) is 0 Å². The molecule has 0 rings (SSSR count). The van der Waals surface area contributed by atoms with Gasteiger partial charge >= 0.3 is 5.97 Å². The molecular weight excluding hydrogens is 420 g/mol.